The largest absolute Gasteiger partial charge is 0.329 e. The van der Waals surface area contributed by atoms with Crippen LogP contribution in [0.15, 0.2) is 40.6 Å². The van der Waals surface area contributed by atoms with Crippen molar-refractivity contribution in [2.45, 2.75) is 17.0 Å². The smallest absolute Gasteiger partial charge is 0.284 e. The number of ketones is 1. The summed E-state index contributed by atoms with van der Waals surface area (Å²) in [6.07, 6.45) is 3.39. The standard InChI is InChI=1S/C12H11N3O3S/c1-8(16)9-3-4-11(10(7-9)15(17)18)19-12-13-5-6-14(12)2/h3-7H,1-2H3. The van der Waals surface area contributed by atoms with E-state index in [1.165, 1.54) is 24.8 Å². The molecule has 0 fully saturated rings. The number of benzene rings is 1. The number of aryl methyl sites for hydroxylation is 1. The molecule has 2 aromatic rings. The highest BCUT2D eigenvalue weighted by Crippen LogP contribution is 2.34. The number of rotatable bonds is 4. The van der Waals surface area contributed by atoms with E-state index in [9.17, 15) is 14.9 Å². The number of imidazole rings is 1. The van der Waals surface area contributed by atoms with Crippen LogP contribution in [0.5, 0.6) is 0 Å². The van der Waals surface area contributed by atoms with Crippen molar-refractivity contribution in [3.05, 3.63) is 46.3 Å². The molecule has 19 heavy (non-hydrogen) atoms. The Balaban J connectivity index is 2.43. The van der Waals surface area contributed by atoms with E-state index in [-0.39, 0.29) is 11.5 Å². The number of aromatic nitrogens is 2. The molecule has 1 aromatic carbocycles. The predicted molar refractivity (Wildman–Crippen MR) is 70.4 cm³/mol. The molecule has 98 valence electrons. The topological polar surface area (TPSA) is 78.0 Å². The summed E-state index contributed by atoms with van der Waals surface area (Å²) in [5.74, 6) is -0.198. The van der Waals surface area contributed by atoms with Gasteiger partial charge in [0.1, 0.15) is 0 Å². The van der Waals surface area contributed by atoms with Gasteiger partial charge in [-0.3, -0.25) is 14.9 Å². The van der Waals surface area contributed by atoms with Gasteiger partial charge in [0.2, 0.25) is 0 Å². The molecule has 0 N–H and O–H groups in total. The van der Waals surface area contributed by atoms with Crippen LogP contribution in [0.4, 0.5) is 5.69 Å². The summed E-state index contributed by atoms with van der Waals surface area (Å²) < 4.78 is 1.77. The maximum atomic E-state index is 11.3. The summed E-state index contributed by atoms with van der Waals surface area (Å²) in [6.45, 7) is 1.38. The Morgan fingerprint density at radius 1 is 1.47 bits per heavy atom. The van der Waals surface area contributed by atoms with Gasteiger partial charge in [0.25, 0.3) is 5.69 Å². The minimum Gasteiger partial charge on any atom is -0.329 e. The van der Waals surface area contributed by atoms with E-state index >= 15 is 0 Å². The maximum absolute atomic E-state index is 11.3. The number of Topliss-reactive ketones (excluding diaryl/α,β-unsaturated/α-hetero) is 1. The second kappa shape index (κ2) is 5.23. The molecule has 0 aliphatic rings. The number of nitrogens with zero attached hydrogens (tertiary/aromatic N) is 3. The quantitative estimate of drug-likeness (QED) is 0.487. The van der Waals surface area contributed by atoms with Gasteiger partial charge < -0.3 is 4.57 Å². The van der Waals surface area contributed by atoms with Gasteiger partial charge in [0, 0.05) is 31.1 Å². The van der Waals surface area contributed by atoms with E-state index in [0.717, 1.165) is 0 Å². The van der Waals surface area contributed by atoms with Gasteiger partial charge in [0.05, 0.1) is 9.82 Å². The van der Waals surface area contributed by atoms with Crippen molar-refractivity contribution in [2.24, 2.45) is 7.05 Å². The van der Waals surface area contributed by atoms with Crippen LogP contribution in [0.1, 0.15) is 17.3 Å². The van der Waals surface area contributed by atoms with E-state index in [1.807, 2.05) is 7.05 Å². The highest BCUT2D eigenvalue weighted by Gasteiger charge is 2.18. The molecule has 0 aliphatic heterocycles. The minimum atomic E-state index is -0.488. The van der Waals surface area contributed by atoms with Gasteiger partial charge in [-0.1, -0.05) is 0 Å². The van der Waals surface area contributed by atoms with Gasteiger partial charge in [-0.2, -0.15) is 0 Å². The molecule has 0 aliphatic carbocycles. The molecule has 0 spiro atoms. The third kappa shape index (κ3) is 2.82. The normalized spacial score (nSPS) is 10.4. The zero-order valence-electron chi connectivity index (χ0n) is 10.4. The Kier molecular flexibility index (Phi) is 3.66. The first-order valence-corrected chi connectivity index (χ1v) is 6.25. The van der Waals surface area contributed by atoms with Crippen LogP contribution in [0.3, 0.4) is 0 Å². The molecule has 7 heteroatoms. The second-order valence-corrected chi connectivity index (χ2v) is 4.93. The van der Waals surface area contributed by atoms with Crippen molar-refractivity contribution in [1.29, 1.82) is 0 Å². The number of nitro benzene ring substituents is 1. The van der Waals surface area contributed by atoms with Crippen LogP contribution in [0, 0.1) is 10.1 Å². The lowest BCUT2D eigenvalue weighted by Gasteiger charge is -2.04. The Morgan fingerprint density at radius 2 is 2.21 bits per heavy atom. The summed E-state index contributed by atoms with van der Waals surface area (Å²) in [5, 5.41) is 11.7. The zero-order valence-corrected chi connectivity index (χ0v) is 11.2. The Bertz CT molecular complexity index is 651. The van der Waals surface area contributed by atoms with Crippen molar-refractivity contribution < 1.29 is 9.72 Å². The van der Waals surface area contributed by atoms with E-state index in [2.05, 4.69) is 4.98 Å². The lowest BCUT2D eigenvalue weighted by molar-refractivity contribution is -0.387. The van der Waals surface area contributed by atoms with Crippen LogP contribution in [-0.2, 0) is 7.05 Å². The highest BCUT2D eigenvalue weighted by atomic mass is 32.2. The van der Waals surface area contributed by atoms with Gasteiger partial charge in [-0.05, 0) is 30.8 Å². The van der Waals surface area contributed by atoms with Crippen LogP contribution in [0.25, 0.3) is 0 Å². The molecule has 0 unspecified atom stereocenters. The number of nitro groups is 1. The average Bonchev–Trinajstić information content (AvgIpc) is 2.75. The first-order chi connectivity index (χ1) is 8.99. The fourth-order valence-corrected chi connectivity index (χ4v) is 2.40. The van der Waals surface area contributed by atoms with Crippen molar-refractivity contribution in [2.75, 3.05) is 0 Å². The first kappa shape index (κ1) is 13.3. The maximum Gasteiger partial charge on any atom is 0.284 e. The summed E-state index contributed by atoms with van der Waals surface area (Å²) in [6, 6.07) is 4.46. The molecular formula is C12H11N3O3S. The molecule has 1 aromatic heterocycles. The molecule has 0 atom stereocenters. The molecule has 6 nitrogen and oxygen atoms in total. The molecule has 1 heterocycles. The van der Waals surface area contributed by atoms with E-state index in [4.69, 9.17) is 0 Å². The lowest BCUT2D eigenvalue weighted by atomic mass is 10.1. The molecule has 0 saturated carbocycles. The van der Waals surface area contributed by atoms with Crippen molar-refractivity contribution in [1.82, 2.24) is 9.55 Å². The summed E-state index contributed by atoms with van der Waals surface area (Å²) in [7, 11) is 1.81. The first-order valence-electron chi connectivity index (χ1n) is 5.43. The second-order valence-electron chi connectivity index (χ2n) is 3.92. The summed E-state index contributed by atoms with van der Waals surface area (Å²) in [5.41, 5.74) is 0.247. The number of carbonyl (C=O) groups excluding carboxylic acids is 1. The zero-order chi connectivity index (χ0) is 14.0. The van der Waals surface area contributed by atoms with Crippen LogP contribution in [0.2, 0.25) is 0 Å². The number of hydrogen-bond acceptors (Lipinski definition) is 5. The number of hydrogen-bond donors (Lipinski definition) is 0. The fourth-order valence-electron chi connectivity index (χ4n) is 1.51. The van der Waals surface area contributed by atoms with E-state index < -0.39 is 4.92 Å². The Labute approximate surface area is 113 Å². The molecule has 0 radical (unpaired) electrons. The molecular weight excluding hydrogens is 266 g/mol. The molecule has 2 rings (SSSR count). The number of carbonyl (C=O) groups is 1. The van der Waals surface area contributed by atoms with Crippen LogP contribution < -0.4 is 0 Å². The van der Waals surface area contributed by atoms with Crippen LogP contribution >= 0.6 is 11.8 Å². The third-order valence-corrected chi connectivity index (χ3v) is 3.68. The Hall–Kier alpha value is -2.15. The highest BCUT2D eigenvalue weighted by molar-refractivity contribution is 7.99. The van der Waals surface area contributed by atoms with Crippen molar-refractivity contribution >= 4 is 23.2 Å². The summed E-state index contributed by atoms with van der Waals surface area (Å²) in [4.78, 5) is 26.4. The molecule has 0 amide bonds. The summed E-state index contributed by atoms with van der Waals surface area (Å²) >= 11 is 1.20. The van der Waals surface area contributed by atoms with Gasteiger partial charge in [0.15, 0.2) is 10.9 Å². The van der Waals surface area contributed by atoms with Gasteiger partial charge in [-0.15, -0.1) is 0 Å². The average molecular weight is 277 g/mol. The van der Waals surface area contributed by atoms with E-state index in [0.29, 0.717) is 15.6 Å². The van der Waals surface area contributed by atoms with E-state index in [1.54, 1.807) is 29.1 Å². The van der Waals surface area contributed by atoms with Gasteiger partial charge >= 0.3 is 0 Å². The lowest BCUT2D eigenvalue weighted by Crippen LogP contribution is -1.97. The molecule has 0 saturated heterocycles. The third-order valence-electron chi connectivity index (χ3n) is 2.54. The van der Waals surface area contributed by atoms with Crippen LogP contribution in [-0.4, -0.2) is 20.3 Å². The Morgan fingerprint density at radius 3 is 2.74 bits per heavy atom. The predicted octanol–water partition coefficient (Wildman–Crippen LogP) is 2.68. The SMILES string of the molecule is CC(=O)c1ccc(Sc2nccn2C)c([N+](=O)[O-])c1. The molecule has 0 bridgehead atoms. The fraction of sp³-hybridized carbons (Fsp3) is 0.167. The minimum absolute atomic E-state index is 0.0827. The van der Waals surface area contributed by atoms with Crippen molar-refractivity contribution in [3.8, 4) is 0 Å². The van der Waals surface area contributed by atoms with Gasteiger partial charge in [-0.25, -0.2) is 4.98 Å². The monoisotopic (exact) mass is 277 g/mol. The van der Waals surface area contributed by atoms with Crippen molar-refractivity contribution in [3.63, 3.8) is 0 Å².